The molecule has 6 rings (SSSR count). The Labute approximate surface area is 174 Å². The molecule has 3 saturated heterocycles. The van der Waals surface area contributed by atoms with Crippen LogP contribution in [0.1, 0.15) is 28.9 Å². The topological polar surface area (TPSA) is 79.8 Å². The lowest BCUT2D eigenvalue weighted by atomic mass is 10.0. The molecule has 1 aromatic carbocycles. The SMILES string of the molecule is O=C(c1ccccc1-n1nccn1)N1C2CCC1C1C2N1c1cnc(C(F)(F)F)cn1. The third-order valence-electron chi connectivity index (χ3n) is 6.36. The fraction of sp³-hybridized carbons (Fsp3) is 0.350. The van der Waals surface area contributed by atoms with E-state index in [4.69, 9.17) is 0 Å². The summed E-state index contributed by atoms with van der Waals surface area (Å²) in [7, 11) is 0. The zero-order valence-corrected chi connectivity index (χ0v) is 16.0. The number of amides is 1. The first-order valence-corrected chi connectivity index (χ1v) is 9.91. The lowest BCUT2D eigenvalue weighted by Gasteiger charge is -2.28. The van der Waals surface area contributed by atoms with E-state index in [9.17, 15) is 18.0 Å². The Morgan fingerprint density at radius 3 is 2.26 bits per heavy atom. The van der Waals surface area contributed by atoms with Gasteiger partial charge in [-0.05, 0) is 25.0 Å². The van der Waals surface area contributed by atoms with E-state index in [0.29, 0.717) is 17.1 Å². The van der Waals surface area contributed by atoms with Gasteiger partial charge in [-0.1, -0.05) is 12.1 Å². The summed E-state index contributed by atoms with van der Waals surface area (Å²) in [4.78, 5) is 26.3. The minimum atomic E-state index is -4.51. The van der Waals surface area contributed by atoms with E-state index in [1.807, 2.05) is 21.9 Å². The largest absolute Gasteiger partial charge is 0.434 e. The first-order valence-electron chi connectivity index (χ1n) is 9.91. The minimum Gasteiger partial charge on any atom is -0.341 e. The second-order valence-electron chi connectivity index (χ2n) is 7.91. The quantitative estimate of drug-likeness (QED) is 0.597. The standard InChI is InChI=1S/C20H16F3N7O/c21-20(22,23)15-9-25-16(10-24-15)29-17-13-5-6-14(18(17)29)28(13)19(31)11-3-1-2-4-12(11)30-26-7-8-27-30/h1-4,7-10,13-14,17-18H,5-6H2. The summed E-state index contributed by atoms with van der Waals surface area (Å²) < 4.78 is 38.3. The number of halogens is 3. The molecule has 3 fully saturated rings. The van der Waals surface area contributed by atoms with E-state index in [1.54, 1.807) is 24.5 Å². The van der Waals surface area contributed by atoms with Crippen LogP contribution in [0.4, 0.5) is 19.0 Å². The molecule has 3 aromatic rings. The number of benzene rings is 1. The molecule has 0 aliphatic carbocycles. The summed E-state index contributed by atoms with van der Waals surface area (Å²) in [6.45, 7) is 0. The normalized spacial score (nSPS) is 26.3. The van der Waals surface area contributed by atoms with Crippen LogP contribution in [0.5, 0.6) is 0 Å². The third-order valence-corrected chi connectivity index (χ3v) is 6.36. The number of nitrogens with zero attached hydrogens (tertiary/aromatic N) is 7. The van der Waals surface area contributed by atoms with Gasteiger partial charge in [0.2, 0.25) is 0 Å². The summed E-state index contributed by atoms with van der Waals surface area (Å²) in [6, 6.07) is 7.31. The van der Waals surface area contributed by atoms with Crippen LogP contribution in [-0.4, -0.2) is 59.9 Å². The van der Waals surface area contributed by atoms with Crippen LogP contribution in [0.3, 0.4) is 0 Å². The van der Waals surface area contributed by atoms with E-state index in [1.165, 1.54) is 11.0 Å². The minimum absolute atomic E-state index is 0.00905. The van der Waals surface area contributed by atoms with Gasteiger partial charge in [0.15, 0.2) is 5.69 Å². The molecule has 0 spiro atoms. The molecule has 0 N–H and O–H groups in total. The van der Waals surface area contributed by atoms with Gasteiger partial charge in [-0.15, -0.1) is 0 Å². The van der Waals surface area contributed by atoms with Crippen molar-refractivity contribution in [3.63, 3.8) is 0 Å². The highest BCUT2D eigenvalue weighted by molar-refractivity contribution is 5.99. The predicted molar refractivity (Wildman–Crippen MR) is 101 cm³/mol. The molecule has 2 aromatic heterocycles. The Morgan fingerprint density at radius 1 is 0.968 bits per heavy atom. The number of para-hydroxylation sites is 1. The number of aromatic nitrogens is 5. The van der Waals surface area contributed by atoms with Gasteiger partial charge < -0.3 is 9.80 Å². The van der Waals surface area contributed by atoms with Crippen molar-refractivity contribution in [1.29, 1.82) is 0 Å². The van der Waals surface area contributed by atoms with Crippen molar-refractivity contribution in [1.82, 2.24) is 29.9 Å². The van der Waals surface area contributed by atoms with Gasteiger partial charge in [-0.25, -0.2) is 9.97 Å². The Hall–Kier alpha value is -3.50. The Balaban J connectivity index is 1.26. The van der Waals surface area contributed by atoms with Crippen molar-refractivity contribution in [3.05, 3.63) is 60.3 Å². The smallest absolute Gasteiger partial charge is 0.341 e. The summed E-state index contributed by atoms with van der Waals surface area (Å²) in [6.07, 6.45) is 2.24. The Morgan fingerprint density at radius 2 is 1.65 bits per heavy atom. The monoisotopic (exact) mass is 427 g/mol. The summed E-state index contributed by atoms with van der Waals surface area (Å²) in [5.74, 6) is 0.346. The maximum absolute atomic E-state index is 13.5. The van der Waals surface area contributed by atoms with Gasteiger partial charge in [-0.2, -0.15) is 28.2 Å². The Bertz CT molecular complexity index is 1130. The van der Waals surface area contributed by atoms with Crippen molar-refractivity contribution >= 4 is 11.7 Å². The van der Waals surface area contributed by atoms with Crippen molar-refractivity contribution in [2.45, 2.75) is 43.2 Å². The van der Waals surface area contributed by atoms with Gasteiger partial charge in [0, 0.05) is 0 Å². The number of hydrogen-bond donors (Lipinski definition) is 0. The fourth-order valence-electron chi connectivity index (χ4n) is 5.15. The van der Waals surface area contributed by atoms with E-state index in [2.05, 4.69) is 20.2 Å². The first kappa shape index (κ1) is 18.3. The number of hydrogen-bond acceptors (Lipinski definition) is 6. The molecule has 31 heavy (non-hydrogen) atoms. The summed E-state index contributed by atoms with van der Waals surface area (Å²) in [5.41, 5.74) is 0.132. The summed E-state index contributed by atoms with van der Waals surface area (Å²) in [5, 5.41) is 8.28. The third kappa shape index (κ3) is 2.65. The van der Waals surface area contributed by atoms with Crippen LogP contribution in [0, 0.1) is 0 Å². The Kier molecular flexibility index (Phi) is 3.69. The number of fused-ring (bicyclic) bond motifs is 5. The van der Waals surface area contributed by atoms with Gasteiger partial charge in [0.05, 0.1) is 60.2 Å². The van der Waals surface area contributed by atoms with Gasteiger partial charge in [0.1, 0.15) is 5.82 Å². The molecular weight excluding hydrogens is 411 g/mol. The second kappa shape index (κ2) is 6.25. The number of piperazine rings is 1. The average molecular weight is 427 g/mol. The average Bonchev–Trinajstić information content (AvgIpc) is 3.12. The molecule has 3 aliphatic heterocycles. The second-order valence-corrected chi connectivity index (χ2v) is 7.91. The highest BCUT2D eigenvalue weighted by atomic mass is 19.4. The molecule has 3 aliphatic rings. The molecular formula is C20H16F3N7O. The van der Waals surface area contributed by atoms with E-state index < -0.39 is 11.9 Å². The van der Waals surface area contributed by atoms with Crippen molar-refractivity contribution in [2.24, 2.45) is 0 Å². The molecule has 11 heteroatoms. The van der Waals surface area contributed by atoms with Crippen LogP contribution in [0.15, 0.2) is 49.1 Å². The van der Waals surface area contributed by atoms with E-state index >= 15 is 0 Å². The number of carbonyl (C=O) groups is 1. The molecule has 8 nitrogen and oxygen atoms in total. The number of alkyl halides is 3. The van der Waals surface area contributed by atoms with Crippen LogP contribution in [0.2, 0.25) is 0 Å². The number of anilines is 1. The van der Waals surface area contributed by atoms with Crippen molar-refractivity contribution < 1.29 is 18.0 Å². The molecule has 0 saturated carbocycles. The van der Waals surface area contributed by atoms with E-state index in [0.717, 1.165) is 19.0 Å². The zero-order valence-electron chi connectivity index (χ0n) is 16.0. The van der Waals surface area contributed by atoms with Crippen molar-refractivity contribution in [3.8, 4) is 5.69 Å². The fourth-order valence-corrected chi connectivity index (χ4v) is 5.15. The lowest BCUT2D eigenvalue weighted by molar-refractivity contribution is -0.141. The van der Waals surface area contributed by atoms with Gasteiger partial charge >= 0.3 is 6.18 Å². The number of carbonyl (C=O) groups excluding carboxylic acids is 1. The van der Waals surface area contributed by atoms with Crippen molar-refractivity contribution in [2.75, 3.05) is 4.90 Å². The summed E-state index contributed by atoms with van der Waals surface area (Å²) >= 11 is 0. The molecule has 158 valence electrons. The van der Waals surface area contributed by atoms with Crippen LogP contribution in [0.25, 0.3) is 5.69 Å². The molecule has 5 heterocycles. The van der Waals surface area contributed by atoms with Gasteiger partial charge in [0.25, 0.3) is 5.91 Å². The first-order chi connectivity index (χ1) is 14.9. The lowest BCUT2D eigenvalue weighted by Crippen LogP contribution is -2.43. The van der Waals surface area contributed by atoms with Crippen LogP contribution >= 0.6 is 0 Å². The predicted octanol–water partition coefficient (Wildman–Crippen LogP) is 2.32. The highest BCUT2D eigenvalue weighted by Gasteiger charge is 2.69. The van der Waals surface area contributed by atoms with Crippen LogP contribution < -0.4 is 4.90 Å². The molecule has 4 atom stereocenters. The van der Waals surface area contributed by atoms with Crippen LogP contribution in [-0.2, 0) is 6.18 Å². The maximum atomic E-state index is 13.5. The molecule has 1 amide bonds. The maximum Gasteiger partial charge on any atom is 0.434 e. The van der Waals surface area contributed by atoms with Gasteiger partial charge in [-0.3, -0.25) is 4.79 Å². The molecule has 2 bridgehead atoms. The van der Waals surface area contributed by atoms with E-state index in [-0.39, 0.29) is 30.1 Å². The number of rotatable bonds is 3. The zero-order chi connectivity index (χ0) is 21.3. The highest BCUT2D eigenvalue weighted by Crippen LogP contribution is 2.54. The molecule has 4 unspecified atom stereocenters. The molecule has 0 radical (unpaired) electrons.